The van der Waals surface area contributed by atoms with Crippen molar-refractivity contribution in [3.63, 3.8) is 0 Å². The van der Waals surface area contributed by atoms with Crippen molar-refractivity contribution < 1.29 is 33.6 Å². The molecule has 0 aromatic heterocycles. The summed E-state index contributed by atoms with van der Waals surface area (Å²) in [5.41, 5.74) is -0.397. The molecule has 3 rings (SSSR count). The third-order valence-electron chi connectivity index (χ3n) is 5.41. The maximum atomic E-state index is 12.9. The highest BCUT2D eigenvalue weighted by Gasteiger charge is 2.42. The molecule has 1 heterocycles. The predicted molar refractivity (Wildman–Crippen MR) is 131 cm³/mol. The second kappa shape index (κ2) is 10.7. The molecule has 0 aliphatic carbocycles. The first-order valence-corrected chi connectivity index (χ1v) is 11.7. The highest BCUT2D eigenvalue weighted by molar-refractivity contribution is 6.30. The van der Waals surface area contributed by atoms with Crippen molar-refractivity contribution in [1.82, 2.24) is 4.90 Å². The van der Waals surface area contributed by atoms with Gasteiger partial charge in [-0.2, -0.15) is 0 Å². The molecule has 1 amide bonds. The summed E-state index contributed by atoms with van der Waals surface area (Å²) in [6, 6.07) is 12.3. The minimum atomic E-state index is -1.22. The molecule has 2 atom stereocenters. The van der Waals surface area contributed by atoms with E-state index in [9.17, 15) is 14.7 Å². The molecule has 0 saturated carbocycles. The number of ether oxygens (including phenoxy) is 4. The SMILES string of the molecule is COC(=O)[C@@]1(C)COc2cc(CCN(C[C@H](O)c3cccc(Cl)c3)C(=O)OC(C)(C)C)ccc2O1. The Hall–Kier alpha value is -2.97. The molecule has 0 bridgehead atoms. The third-order valence-corrected chi connectivity index (χ3v) is 5.65. The van der Waals surface area contributed by atoms with E-state index in [2.05, 4.69) is 0 Å². The molecule has 8 nitrogen and oxygen atoms in total. The number of aliphatic hydroxyl groups is 1. The molecule has 0 saturated heterocycles. The summed E-state index contributed by atoms with van der Waals surface area (Å²) >= 11 is 6.05. The smallest absolute Gasteiger partial charge is 0.410 e. The Morgan fingerprint density at radius 3 is 2.60 bits per heavy atom. The summed E-state index contributed by atoms with van der Waals surface area (Å²) < 4.78 is 22.0. The number of amides is 1. The summed E-state index contributed by atoms with van der Waals surface area (Å²) in [6.45, 7) is 7.34. The summed E-state index contributed by atoms with van der Waals surface area (Å²) in [4.78, 5) is 26.4. The van der Waals surface area contributed by atoms with Gasteiger partial charge in [-0.3, -0.25) is 0 Å². The van der Waals surface area contributed by atoms with Gasteiger partial charge in [0.25, 0.3) is 0 Å². The Kier molecular flexibility index (Phi) is 8.18. The van der Waals surface area contributed by atoms with Gasteiger partial charge in [0.05, 0.1) is 19.8 Å². The number of benzene rings is 2. The number of esters is 1. The van der Waals surface area contributed by atoms with Crippen LogP contribution in [0.1, 0.15) is 44.9 Å². The maximum Gasteiger partial charge on any atom is 0.410 e. The fraction of sp³-hybridized carbons (Fsp3) is 0.462. The van der Waals surface area contributed by atoms with Gasteiger partial charge in [-0.05, 0) is 69.5 Å². The van der Waals surface area contributed by atoms with Crippen LogP contribution in [0.5, 0.6) is 11.5 Å². The fourth-order valence-electron chi connectivity index (χ4n) is 3.58. The lowest BCUT2D eigenvalue weighted by atomic mass is 10.1. The number of fused-ring (bicyclic) bond motifs is 1. The summed E-state index contributed by atoms with van der Waals surface area (Å²) in [6.07, 6.45) is -0.977. The molecular weight excluding hydrogens is 474 g/mol. The molecule has 0 radical (unpaired) electrons. The molecule has 2 aromatic rings. The van der Waals surface area contributed by atoms with Gasteiger partial charge in [0.1, 0.15) is 12.2 Å². The van der Waals surface area contributed by atoms with E-state index >= 15 is 0 Å². The lowest BCUT2D eigenvalue weighted by Gasteiger charge is -2.33. The number of hydrogen-bond acceptors (Lipinski definition) is 7. The van der Waals surface area contributed by atoms with Crippen LogP contribution < -0.4 is 9.47 Å². The van der Waals surface area contributed by atoms with E-state index in [1.807, 2.05) is 12.1 Å². The topological polar surface area (TPSA) is 94.5 Å². The van der Waals surface area contributed by atoms with E-state index < -0.39 is 29.4 Å². The standard InChI is InChI=1S/C26H32ClNO7/c1-25(2,3)35-24(31)28(15-20(29)18-7-6-8-19(27)14-18)12-11-17-9-10-21-22(13-17)33-16-26(4,34-21)23(30)32-5/h6-10,13-14,20,29H,11-12,15-16H2,1-5H3/t20-,26+/m0/s1. The van der Waals surface area contributed by atoms with E-state index in [0.717, 1.165) is 5.56 Å². The van der Waals surface area contributed by atoms with E-state index in [0.29, 0.717) is 35.1 Å². The summed E-state index contributed by atoms with van der Waals surface area (Å²) in [7, 11) is 1.30. The maximum absolute atomic E-state index is 12.9. The van der Waals surface area contributed by atoms with Crippen LogP contribution in [0.4, 0.5) is 4.79 Å². The first-order chi connectivity index (χ1) is 16.4. The normalized spacial score (nSPS) is 17.9. The van der Waals surface area contributed by atoms with Crippen LogP contribution in [0, 0.1) is 0 Å². The fourth-order valence-corrected chi connectivity index (χ4v) is 3.78. The van der Waals surface area contributed by atoms with Crippen LogP contribution in [0.15, 0.2) is 42.5 Å². The lowest BCUT2D eigenvalue weighted by Crippen LogP contribution is -2.49. The lowest BCUT2D eigenvalue weighted by molar-refractivity contribution is -0.162. The average molecular weight is 506 g/mol. The quantitative estimate of drug-likeness (QED) is 0.551. The van der Waals surface area contributed by atoms with E-state index in [1.54, 1.807) is 58.0 Å². The van der Waals surface area contributed by atoms with Crippen molar-refractivity contribution in [3.05, 3.63) is 58.6 Å². The molecule has 0 unspecified atom stereocenters. The van der Waals surface area contributed by atoms with Gasteiger partial charge in [0.2, 0.25) is 5.60 Å². The number of carbonyl (C=O) groups is 2. The molecule has 1 aliphatic rings. The molecule has 1 aliphatic heterocycles. The van der Waals surface area contributed by atoms with Crippen LogP contribution in [-0.4, -0.2) is 60.1 Å². The average Bonchev–Trinajstić information content (AvgIpc) is 2.79. The Morgan fingerprint density at radius 2 is 1.94 bits per heavy atom. The Balaban J connectivity index is 1.72. The minimum absolute atomic E-state index is 0.0198. The number of rotatable bonds is 7. The van der Waals surface area contributed by atoms with Gasteiger partial charge >= 0.3 is 12.1 Å². The zero-order valence-electron chi connectivity index (χ0n) is 20.7. The van der Waals surface area contributed by atoms with Gasteiger partial charge in [0.15, 0.2) is 11.5 Å². The zero-order valence-corrected chi connectivity index (χ0v) is 21.4. The zero-order chi connectivity index (χ0) is 25.8. The molecule has 190 valence electrons. The van der Waals surface area contributed by atoms with Crippen LogP contribution in [0.2, 0.25) is 5.02 Å². The number of halogens is 1. The van der Waals surface area contributed by atoms with Crippen molar-refractivity contribution in [2.24, 2.45) is 0 Å². The first-order valence-electron chi connectivity index (χ1n) is 11.3. The van der Waals surface area contributed by atoms with E-state index in [1.165, 1.54) is 12.0 Å². The highest BCUT2D eigenvalue weighted by Crippen LogP contribution is 2.36. The Labute approximate surface area is 210 Å². The van der Waals surface area contributed by atoms with Crippen LogP contribution in [-0.2, 0) is 20.7 Å². The number of hydrogen-bond donors (Lipinski definition) is 1. The largest absolute Gasteiger partial charge is 0.485 e. The molecule has 0 spiro atoms. The van der Waals surface area contributed by atoms with Gasteiger partial charge in [-0.25, -0.2) is 9.59 Å². The van der Waals surface area contributed by atoms with Gasteiger partial charge in [-0.15, -0.1) is 0 Å². The summed E-state index contributed by atoms with van der Waals surface area (Å²) in [5.74, 6) is 0.429. The van der Waals surface area contributed by atoms with Crippen molar-refractivity contribution in [1.29, 1.82) is 0 Å². The monoisotopic (exact) mass is 505 g/mol. The van der Waals surface area contributed by atoms with Crippen LogP contribution in [0.3, 0.4) is 0 Å². The number of nitrogens with zero attached hydrogens (tertiary/aromatic N) is 1. The minimum Gasteiger partial charge on any atom is -0.485 e. The van der Waals surface area contributed by atoms with Crippen molar-refractivity contribution >= 4 is 23.7 Å². The number of carbonyl (C=O) groups excluding carboxylic acids is 2. The van der Waals surface area contributed by atoms with Crippen LogP contribution >= 0.6 is 11.6 Å². The number of methoxy groups -OCH3 is 1. The van der Waals surface area contributed by atoms with Crippen molar-refractivity contribution in [2.45, 2.75) is 51.4 Å². The molecule has 0 fully saturated rings. The van der Waals surface area contributed by atoms with Gasteiger partial charge < -0.3 is 29.0 Å². The predicted octanol–water partition coefficient (Wildman–Crippen LogP) is 4.56. The molecular formula is C26H32ClNO7. The summed E-state index contributed by atoms with van der Waals surface area (Å²) in [5, 5.41) is 11.3. The van der Waals surface area contributed by atoms with Crippen molar-refractivity contribution in [2.75, 3.05) is 26.8 Å². The second-order valence-corrected chi connectivity index (χ2v) is 10.1. The van der Waals surface area contributed by atoms with Crippen molar-refractivity contribution in [3.8, 4) is 11.5 Å². The first kappa shape index (κ1) is 26.6. The van der Waals surface area contributed by atoms with E-state index in [-0.39, 0.29) is 13.2 Å². The van der Waals surface area contributed by atoms with Gasteiger partial charge in [-0.1, -0.05) is 29.8 Å². The Bertz CT molecular complexity index is 1070. The Morgan fingerprint density at radius 1 is 1.20 bits per heavy atom. The van der Waals surface area contributed by atoms with Gasteiger partial charge in [0, 0.05) is 11.6 Å². The van der Waals surface area contributed by atoms with E-state index in [4.69, 9.17) is 30.5 Å². The third kappa shape index (κ3) is 7.02. The molecule has 2 aromatic carbocycles. The second-order valence-electron chi connectivity index (χ2n) is 9.64. The highest BCUT2D eigenvalue weighted by atomic mass is 35.5. The molecule has 9 heteroatoms. The number of aliphatic hydroxyl groups excluding tert-OH is 1. The molecule has 35 heavy (non-hydrogen) atoms. The van der Waals surface area contributed by atoms with Crippen LogP contribution in [0.25, 0.3) is 0 Å². The molecule has 1 N–H and O–H groups in total.